The highest BCUT2D eigenvalue weighted by molar-refractivity contribution is 6.09. The predicted molar refractivity (Wildman–Crippen MR) is 171 cm³/mol. The molecule has 2 unspecified atom stereocenters. The van der Waals surface area contributed by atoms with Crippen LogP contribution in [0.15, 0.2) is 72.8 Å². The molecule has 8 heteroatoms. The van der Waals surface area contributed by atoms with E-state index in [2.05, 4.69) is 11.8 Å². The van der Waals surface area contributed by atoms with E-state index in [0.29, 0.717) is 53.6 Å². The lowest BCUT2D eigenvalue weighted by Crippen LogP contribution is -2.37. The van der Waals surface area contributed by atoms with E-state index >= 15 is 4.39 Å². The van der Waals surface area contributed by atoms with Crippen molar-refractivity contribution in [2.75, 3.05) is 38.3 Å². The van der Waals surface area contributed by atoms with Crippen LogP contribution >= 0.6 is 0 Å². The Morgan fingerprint density at radius 2 is 1.71 bits per heavy atom. The molecule has 2 atom stereocenters. The van der Waals surface area contributed by atoms with Gasteiger partial charge in [-0.3, -0.25) is 0 Å². The Bertz CT molecular complexity index is 1760. The Balaban J connectivity index is 1.37. The van der Waals surface area contributed by atoms with Crippen LogP contribution in [0, 0.1) is 5.82 Å². The van der Waals surface area contributed by atoms with Crippen LogP contribution in [0.25, 0.3) is 16.8 Å². The summed E-state index contributed by atoms with van der Waals surface area (Å²) in [7, 11) is 1.51. The molecule has 45 heavy (non-hydrogen) atoms. The summed E-state index contributed by atoms with van der Waals surface area (Å²) in [4.78, 5) is 15.8. The molecule has 0 saturated carbocycles. The first-order valence-corrected chi connectivity index (χ1v) is 15.6. The summed E-state index contributed by atoms with van der Waals surface area (Å²) >= 11 is 0. The second-order valence-corrected chi connectivity index (χ2v) is 11.6. The van der Waals surface area contributed by atoms with Gasteiger partial charge in [-0.2, -0.15) is 0 Å². The Kier molecular flexibility index (Phi) is 7.83. The second-order valence-electron chi connectivity index (χ2n) is 11.6. The Morgan fingerprint density at radius 3 is 2.42 bits per heavy atom. The van der Waals surface area contributed by atoms with Gasteiger partial charge in [0.15, 0.2) is 5.60 Å². The number of hydrogen-bond acceptors (Lipinski definition) is 7. The Hall–Kier alpha value is -4.56. The number of nitrogens with zero attached hydrogens (tertiary/aromatic N) is 1. The third-order valence-electron chi connectivity index (χ3n) is 8.89. The molecule has 0 bridgehead atoms. The van der Waals surface area contributed by atoms with Crippen LogP contribution in [-0.2, 0) is 15.1 Å². The minimum Gasteiger partial charge on any atom is -0.497 e. The SMILES string of the molecule is CCCCCC1OC(=O)c2c3c(c4ccccc4c2O1)OC(c1ccc(N2CCOCC2)cc1)(c1ccc(OC)cc1F)C=C3. The third kappa shape index (κ3) is 5.17. The van der Waals surface area contributed by atoms with Crippen LogP contribution in [0.5, 0.6) is 17.2 Å². The first-order valence-electron chi connectivity index (χ1n) is 15.6. The highest BCUT2D eigenvalue weighted by Crippen LogP contribution is 2.51. The van der Waals surface area contributed by atoms with E-state index in [-0.39, 0.29) is 0 Å². The molecule has 232 valence electrons. The van der Waals surface area contributed by atoms with Crippen LogP contribution < -0.4 is 19.1 Å². The van der Waals surface area contributed by atoms with Crippen molar-refractivity contribution in [1.29, 1.82) is 0 Å². The number of methoxy groups -OCH3 is 1. The quantitative estimate of drug-likeness (QED) is 0.150. The fourth-order valence-electron chi connectivity index (χ4n) is 6.52. The number of halogens is 1. The largest absolute Gasteiger partial charge is 0.497 e. The van der Waals surface area contributed by atoms with Crippen LogP contribution in [-0.4, -0.2) is 45.7 Å². The molecule has 7 rings (SSSR count). The molecule has 0 amide bonds. The van der Waals surface area contributed by atoms with Crippen molar-refractivity contribution < 1.29 is 32.9 Å². The minimum atomic E-state index is -1.34. The molecule has 3 heterocycles. The predicted octanol–water partition coefficient (Wildman–Crippen LogP) is 7.63. The molecule has 7 nitrogen and oxygen atoms in total. The standard InChI is InChI=1S/C37H36FNO6/c1-3-4-5-10-32-43-35-28-9-7-6-8-27(28)34-29(33(35)36(40)44-32)17-18-37(45-34,30-16-15-26(41-2)23-31(30)38)24-11-13-25(14-12-24)39-19-21-42-22-20-39/h6-9,11-18,23,32H,3-5,10,19-22H2,1-2H3. The number of hydrogen-bond donors (Lipinski definition) is 0. The van der Waals surface area contributed by atoms with Gasteiger partial charge in [-0.15, -0.1) is 0 Å². The number of unbranched alkanes of at least 4 members (excludes halogenated alkanes) is 2. The van der Waals surface area contributed by atoms with E-state index in [0.717, 1.165) is 54.4 Å². The van der Waals surface area contributed by atoms with Gasteiger partial charge in [0.1, 0.15) is 28.6 Å². The van der Waals surface area contributed by atoms with Crippen LogP contribution in [0.1, 0.15) is 59.7 Å². The molecule has 0 N–H and O–H groups in total. The van der Waals surface area contributed by atoms with Gasteiger partial charge in [0.25, 0.3) is 0 Å². The molecule has 4 aromatic carbocycles. The number of carbonyl (C=O) groups is 1. The number of cyclic esters (lactones) is 1. The van der Waals surface area contributed by atoms with Crippen molar-refractivity contribution in [2.45, 2.75) is 44.5 Å². The van der Waals surface area contributed by atoms with Gasteiger partial charge in [-0.1, -0.05) is 56.2 Å². The summed E-state index contributed by atoms with van der Waals surface area (Å²) in [6.45, 7) is 5.08. The lowest BCUT2D eigenvalue weighted by atomic mass is 9.82. The maximum absolute atomic E-state index is 16.0. The van der Waals surface area contributed by atoms with Crippen molar-refractivity contribution in [3.05, 3.63) is 101 Å². The monoisotopic (exact) mass is 609 g/mol. The Labute approximate surface area is 262 Å². The molecular formula is C37H36FNO6. The average molecular weight is 610 g/mol. The summed E-state index contributed by atoms with van der Waals surface area (Å²) in [5.74, 6) is 0.436. The summed E-state index contributed by atoms with van der Waals surface area (Å²) in [5, 5.41) is 1.51. The number of ether oxygens (including phenoxy) is 5. The van der Waals surface area contributed by atoms with Gasteiger partial charge in [0, 0.05) is 58.7 Å². The first kappa shape index (κ1) is 29.2. The van der Waals surface area contributed by atoms with Gasteiger partial charge < -0.3 is 28.6 Å². The van der Waals surface area contributed by atoms with Crippen LogP contribution in [0.4, 0.5) is 10.1 Å². The van der Waals surface area contributed by atoms with Gasteiger partial charge in [-0.05, 0) is 42.8 Å². The lowest BCUT2D eigenvalue weighted by molar-refractivity contribution is -0.0639. The van der Waals surface area contributed by atoms with Gasteiger partial charge in [0.2, 0.25) is 6.29 Å². The molecule has 0 aromatic heterocycles. The molecule has 0 spiro atoms. The maximum Gasteiger partial charge on any atom is 0.345 e. The summed E-state index contributed by atoms with van der Waals surface area (Å²) < 4.78 is 46.0. The second kappa shape index (κ2) is 12.1. The highest BCUT2D eigenvalue weighted by Gasteiger charge is 2.43. The van der Waals surface area contributed by atoms with E-state index in [4.69, 9.17) is 23.7 Å². The van der Waals surface area contributed by atoms with Crippen LogP contribution in [0.2, 0.25) is 0 Å². The highest BCUT2D eigenvalue weighted by atomic mass is 19.1. The number of anilines is 1. The van der Waals surface area contributed by atoms with Crippen molar-refractivity contribution in [3.8, 4) is 17.2 Å². The molecule has 3 aliphatic rings. The van der Waals surface area contributed by atoms with Crippen molar-refractivity contribution in [3.63, 3.8) is 0 Å². The molecule has 1 fully saturated rings. The molecule has 4 aromatic rings. The lowest BCUT2D eigenvalue weighted by Gasteiger charge is -2.38. The normalized spacial score (nSPS) is 20.6. The summed E-state index contributed by atoms with van der Waals surface area (Å²) in [6.07, 6.45) is 6.62. The number of esters is 1. The van der Waals surface area contributed by atoms with Crippen molar-refractivity contribution in [1.82, 2.24) is 0 Å². The molecular weight excluding hydrogens is 573 g/mol. The number of fused-ring (bicyclic) bond motifs is 6. The molecule has 0 aliphatic carbocycles. The van der Waals surface area contributed by atoms with E-state index in [1.165, 1.54) is 13.2 Å². The fraction of sp³-hybridized carbons (Fsp3) is 0.324. The minimum absolute atomic E-state index is 0.318. The van der Waals surface area contributed by atoms with E-state index in [1.807, 2.05) is 60.7 Å². The third-order valence-corrected chi connectivity index (χ3v) is 8.89. The smallest absolute Gasteiger partial charge is 0.345 e. The first-order chi connectivity index (χ1) is 22.0. The number of rotatable bonds is 8. The summed E-state index contributed by atoms with van der Waals surface area (Å²) in [6, 6.07) is 20.5. The zero-order valence-corrected chi connectivity index (χ0v) is 25.5. The van der Waals surface area contributed by atoms with Gasteiger partial charge in [0.05, 0.1) is 20.3 Å². The molecule has 1 saturated heterocycles. The molecule has 0 radical (unpaired) electrons. The zero-order valence-electron chi connectivity index (χ0n) is 25.5. The number of morpholine rings is 1. The van der Waals surface area contributed by atoms with E-state index in [9.17, 15) is 4.79 Å². The van der Waals surface area contributed by atoms with Crippen LogP contribution in [0.3, 0.4) is 0 Å². The topological polar surface area (TPSA) is 66.5 Å². The number of carbonyl (C=O) groups excluding carboxylic acids is 1. The number of benzene rings is 4. The fourth-order valence-corrected chi connectivity index (χ4v) is 6.52. The van der Waals surface area contributed by atoms with Gasteiger partial charge >= 0.3 is 5.97 Å². The van der Waals surface area contributed by atoms with Crippen molar-refractivity contribution in [2.24, 2.45) is 0 Å². The van der Waals surface area contributed by atoms with Crippen molar-refractivity contribution >= 4 is 28.5 Å². The average Bonchev–Trinajstić information content (AvgIpc) is 3.08. The molecule has 3 aliphatic heterocycles. The summed E-state index contributed by atoms with van der Waals surface area (Å²) in [5.41, 5.74) is 1.64. The zero-order chi connectivity index (χ0) is 31.0. The van der Waals surface area contributed by atoms with E-state index < -0.39 is 23.7 Å². The van der Waals surface area contributed by atoms with Gasteiger partial charge in [-0.25, -0.2) is 9.18 Å². The Morgan fingerprint density at radius 1 is 0.956 bits per heavy atom. The maximum atomic E-state index is 16.0. The van der Waals surface area contributed by atoms with E-state index in [1.54, 1.807) is 12.1 Å².